The number of rotatable bonds is 3. The second-order valence-electron chi connectivity index (χ2n) is 3.06. The van der Waals surface area contributed by atoms with E-state index in [1.165, 1.54) is 30.3 Å². The number of carbonyl (C=O) groups excluding carboxylic acids is 2. The quantitative estimate of drug-likeness (QED) is 0.488. The van der Waals surface area contributed by atoms with Gasteiger partial charge in [0.25, 0.3) is 0 Å². The largest absolute Gasteiger partial charge is 0.478 e. The summed E-state index contributed by atoms with van der Waals surface area (Å²) >= 11 is 0. The summed E-state index contributed by atoms with van der Waals surface area (Å²) in [5.41, 5.74) is -0.358. The molecule has 0 bridgehead atoms. The third-order valence-corrected chi connectivity index (χ3v) is 1.87. The van der Waals surface area contributed by atoms with Crippen LogP contribution in [0.25, 0.3) is 0 Å². The highest BCUT2D eigenvalue weighted by molar-refractivity contribution is 6.06. The SMILES string of the molecule is CC=CC(=O)OC(=O)c1ccccc1C(=O)O. The Morgan fingerprint density at radius 2 is 1.76 bits per heavy atom. The number of hydrogen-bond donors (Lipinski definition) is 1. The summed E-state index contributed by atoms with van der Waals surface area (Å²) in [6.45, 7) is 1.59. The summed E-state index contributed by atoms with van der Waals surface area (Å²) in [4.78, 5) is 33.4. The monoisotopic (exact) mass is 234 g/mol. The lowest BCUT2D eigenvalue weighted by Crippen LogP contribution is -2.14. The minimum atomic E-state index is -1.25. The fourth-order valence-electron chi connectivity index (χ4n) is 1.16. The van der Waals surface area contributed by atoms with Crippen molar-refractivity contribution in [2.75, 3.05) is 0 Å². The maximum atomic E-state index is 11.5. The number of hydrogen-bond acceptors (Lipinski definition) is 4. The van der Waals surface area contributed by atoms with E-state index in [4.69, 9.17) is 5.11 Å². The van der Waals surface area contributed by atoms with Crippen LogP contribution < -0.4 is 0 Å². The number of aromatic carboxylic acids is 1. The highest BCUT2D eigenvalue weighted by atomic mass is 16.6. The van der Waals surface area contributed by atoms with Gasteiger partial charge in [-0.15, -0.1) is 0 Å². The Balaban J connectivity index is 2.97. The fourth-order valence-corrected chi connectivity index (χ4v) is 1.16. The van der Waals surface area contributed by atoms with E-state index in [-0.39, 0.29) is 11.1 Å². The lowest BCUT2D eigenvalue weighted by atomic mass is 10.1. The van der Waals surface area contributed by atoms with E-state index in [9.17, 15) is 14.4 Å². The van der Waals surface area contributed by atoms with Crippen LogP contribution >= 0.6 is 0 Å². The van der Waals surface area contributed by atoms with Crippen molar-refractivity contribution >= 4 is 17.9 Å². The third-order valence-electron chi connectivity index (χ3n) is 1.87. The predicted molar refractivity (Wildman–Crippen MR) is 58.6 cm³/mol. The molecule has 17 heavy (non-hydrogen) atoms. The molecule has 0 atom stereocenters. The van der Waals surface area contributed by atoms with Gasteiger partial charge < -0.3 is 9.84 Å². The van der Waals surface area contributed by atoms with Crippen molar-refractivity contribution in [2.45, 2.75) is 6.92 Å². The molecule has 1 rings (SSSR count). The average molecular weight is 234 g/mol. The van der Waals surface area contributed by atoms with Gasteiger partial charge >= 0.3 is 17.9 Å². The Labute approximate surface area is 97.3 Å². The topological polar surface area (TPSA) is 80.7 Å². The Kier molecular flexibility index (Phi) is 4.16. The highest BCUT2D eigenvalue weighted by Crippen LogP contribution is 2.10. The number of carboxylic acid groups (broad SMARTS) is 1. The summed E-state index contributed by atoms with van der Waals surface area (Å²) < 4.78 is 4.44. The molecule has 0 amide bonds. The van der Waals surface area contributed by atoms with Crippen molar-refractivity contribution in [3.8, 4) is 0 Å². The first kappa shape index (κ1) is 12.6. The summed E-state index contributed by atoms with van der Waals surface area (Å²) in [5, 5.41) is 8.85. The summed E-state index contributed by atoms with van der Waals surface area (Å²) in [6, 6.07) is 5.52. The molecule has 1 aromatic rings. The number of esters is 2. The first-order valence-corrected chi connectivity index (χ1v) is 4.77. The van der Waals surface area contributed by atoms with Crippen LogP contribution in [0.2, 0.25) is 0 Å². The zero-order valence-corrected chi connectivity index (χ0v) is 9.04. The smallest absolute Gasteiger partial charge is 0.346 e. The van der Waals surface area contributed by atoms with E-state index in [0.29, 0.717) is 0 Å². The fraction of sp³-hybridized carbons (Fsp3) is 0.0833. The minimum absolute atomic E-state index is 0.155. The van der Waals surface area contributed by atoms with Gasteiger partial charge in [0.2, 0.25) is 0 Å². The van der Waals surface area contributed by atoms with Crippen molar-refractivity contribution in [3.63, 3.8) is 0 Å². The van der Waals surface area contributed by atoms with Gasteiger partial charge in [0.15, 0.2) is 0 Å². The molecule has 0 radical (unpaired) electrons. The Morgan fingerprint density at radius 1 is 1.18 bits per heavy atom. The summed E-state index contributed by atoms with van der Waals surface area (Å²) in [7, 11) is 0. The molecular formula is C12H10O5. The second kappa shape index (κ2) is 5.60. The molecule has 88 valence electrons. The molecule has 0 saturated heterocycles. The van der Waals surface area contributed by atoms with Gasteiger partial charge in [-0.2, -0.15) is 0 Å². The standard InChI is InChI=1S/C12H10O5/c1-2-5-10(13)17-12(16)9-7-4-3-6-8(9)11(14)15/h2-7H,1H3,(H,14,15). The number of allylic oxidation sites excluding steroid dienone is 1. The van der Waals surface area contributed by atoms with Crippen LogP contribution in [0.5, 0.6) is 0 Å². The van der Waals surface area contributed by atoms with Crippen LogP contribution in [-0.2, 0) is 9.53 Å². The normalized spacial score (nSPS) is 10.2. The molecule has 0 spiro atoms. The second-order valence-corrected chi connectivity index (χ2v) is 3.06. The molecule has 1 N–H and O–H groups in total. The molecule has 0 saturated carbocycles. The lowest BCUT2D eigenvalue weighted by Gasteiger charge is -2.03. The van der Waals surface area contributed by atoms with Crippen molar-refractivity contribution in [2.24, 2.45) is 0 Å². The summed E-state index contributed by atoms with van der Waals surface area (Å²) in [6.07, 6.45) is 2.49. The van der Waals surface area contributed by atoms with Crippen LogP contribution in [0.15, 0.2) is 36.4 Å². The molecule has 5 nitrogen and oxygen atoms in total. The highest BCUT2D eigenvalue weighted by Gasteiger charge is 2.18. The van der Waals surface area contributed by atoms with Crippen LogP contribution in [0.1, 0.15) is 27.6 Å². The molecule has 1 aromatic carbocycles. The van der Waals surface area contributed by atoms with E-state index in [1.54, 1.807) is 6.92 Å². The average Bonchev–Trinajstić information content (AvgIpc) is 2.29. The first-order valence-electron chi connectivity index (χ1n) is 4.77. The van der Waals surface area contributed by atoms with Gasteiger partial charge in [-0.3, -0.25) is 0 Å². The van der Waals surface area contributed by atoms with Gasteiger partial charge in [0, 0.05) is 6.08 Å². The number of benzene rings is 1. The number of carboxylic acids is 1. The van der Waals surface area contributed by atoms with E-state index in [1.807, 2.05) is 0 Å². The first-order chi connectivity index (χ1) is 8.06. The molecule has 0 fully saturated rings. The van der Waals surface area contributed by atoms with Gasteiger partial charge in [0.1, 0.15) is 0 Å². The molecule has 0 heterocycles. The van der Waals surface area contributed by atoms with E-state index in [0.717, 1.165) is 6.08 Å². The molecule has 0 aliphatic heterocycles. The number of ether oxygens (including phenoxy) is 1. The van der Waals surface area contributed by atoms with Crippen LogP contribution in [0.3, 0.4) is 0 Å². The van der Waals surface area contributed by atoms with E-state index < -0.39 is 17.9 Å². The van der Waals surface area contributed by atoms with Crippen LogP contribution in [-0.4, -0.2) is 23.0 Å². The molecule has 5 heteroatoms. The lowest BCUT2D eigenvalue weighted by molar-refractivity contribution is -0.132. The van der Waals surface area contributed by atoms with Crippen molar-refractivity contribution < 1.29 is 24.2 Å². The van der Waals surface area contributed by atoms with Crippen molar-refractivity contribution in [1.29, 1.82) is 0 Å². The Morgan fingerprint density at radius 3 is 2.29 bits per heavy atom. The number of carbonyl (C=O) groups is 3. The van der Waals surface area contributed by atoms with E-state index >= 15 is 0 Å². The van der Waals surface area contributed by atoms with Gasteiger partial charge in [-0.25, -0.2) is 14.4 Å². The van der Waals surface area contributed by atoms with Gasteiger partial charge in [0.05, 0.1) is 11.1 Å². The van der Waals surface area contributed by atoms with Gasteiger partial charge in [-0.05, 0) is 19.1 Å². The maximum Gasteiger partial charge on any atom is 0.346 e. The molecule has 0 unspecified atom stereocenters. The third kappa shape index (κ3) is 3.27. The molecule has 0 aliphatic carbocycles. The molecular weight excluding hydrogens is 224 g/mol. The minimum Gasteiger partial charge on any atom is -0.478 e. The molecule has 0 aromatic heterocycles. The van der Waals surface area contributed by atoms with Crippen molar-refractivity contribution in [1.82, 2.24) is 0 Å². The zero-order valence-electron chi connectivity index (χ0n) is 9.04. The molecule has 0 aliphatic rings. The maximum absolute atomic E-state index is 11.5. The Hall–Kier alpha value is -2.43. The van der Waals surface area contributed by atoms with E-state index in [2.05, 4.69) is 4.74 Å². The zero-order chi connectivity index (χ0) is 12.8. The summed E-state index contributed by atoms with van der Waals surface area (Å²) in [5.74, 6) is -3.07. The van der Waals surface area contributed by atoms with Gasteiger partial charge in [-0.1, -0.05) is 18.2 Å². The van der Waals surface area contributed by atoms with Crippen molar-refractivity contribution in [3.05, 3.63) is 47.5 Å². The van der Waals surface area contributed by atoms with Crippen LogP contribution in [0, 0.1) is 0 Å². The predicted octanol–water partition coefficient (Wildman–Crippen LogP) is 1.64. The van der Waals surface area contributed by atoms with Crippen LogP contribution in [0.4, 0.5) is 0 Å². The Bertz CT molecular complexity index is 487.